The Bertz CT molecular complexity index is 328. The number of aldehydes is 1. The Morgan fingerprint density at radius 3 is 2.56 bits per heavy atom. The second kappa shape index (κ2) is 6.40. The molecule has 1 rings (SSSR count). The first-order valence-electron chi connectivity index (χ1n) is 6.31. The van der Waals surface area contributed by atoms with Crippen LogP contribution in [0.4, 0.5) is 0 Å². The first-order valence-corrected chi connectivity index (χ1v) is 6.61. The van der Waals surface area contributed by atoms with E-state index in [-0.39, 0.29) is 6.42 Å². The van der Waals surface area contributed by atoms with Crippen molar-refractivity contribution in [1.29, 1.82) is 0 Å². The molecule has 0 aromatic carbocycles. The fraction of sp³-hybridized carbons (Fsp3) is 0.909. The third-order valence-corrected chi connectivity index (χ3v) is 4.37. The molecule has 0 aromatic rings. The van der Waals surface area contributed by atoms with Gasteiger partial charge in [-0.15, -0.1) is 0 Å². The van der Waals surface area contributed by atoms with Gasteiger partial charge < -0.3 is 30.0 Å². The zero-order valence-corrected chi connectivity index (χ0v) is 11.6. The van der Waals surface area contributed by atoms with Crippen molar-refractivity contribution in [3.05, 3.63) is 0 Å². The monoisotopic (exact) mass is 327 g/mol. The molecule has 6 atom stereocenters. The minimum absolute atomic E-state index is 0.269. The first kappa shape index (κ1) is 14.4. The molecular weight excluding hydrogens is 308 g/mol. The summed E-state index contributed by atoms with van der Waals surface area (Å²) in [6.45, 7) is 1.22. The Morgan fingerprint density at radius 1 is 1.50 bits per heavy atom. The maximum atomic E-state index is 11.4. The van der Waals surface area contributed by atoms with Gasteiger partial charge in [-0.3, -0.25) is 0 Å². The number of rotatable bonds is 5. The molecule has 0 radical (unpaired) electrons. The van der Waals surface area contributed by atoms with Crippen LogP contribution in [0.2, 0.25) is 0 Å². The summed E-state index contributed by atoms with van der Waals surface area (Å²) < 4.78 is 10.9. The van der Waals surface area contributed by atoms with Gasteiger partial charge in [0.1, 0.15) is 32.0 Å². The van der Waals surface area contributed by atoms with Crippen LogP contribution in [0.1, 0.15) is 21.1 Å². The molecule has 0 aliphatic carbocycles. The van der Waals surface area contributed by atoms with Crippen LogP contribution in [0.3, 0.4) is 0 Å². The average molecular weight is 328 g/mol. The quantitative estimate of drug-likeness (QED) is 0.388. The highest BCUT2D eigenvalue weighted by Crippen LogP contribution is 2.41. The highest BCUT2D eigenvalue weighted by atomic mass is 79.9. The third kappa shape index (κ3) is 2.76. The topological polar surface area (TPSA) is 107 Å². The predicted molar refractivity (Wildman–Crippen MR) is 66.1 cm³/mol. The number of halogens is 1. The van der Waals surface area contributed by atoms with E-state index in [9.17, 15) is 20.1 Å². The number of aliphatic hydroxyl groups is 4. The first-order chi connectivity index (χ1) is 8.79. The van der Waals surface area contributed by atoms with E-state index in [4.69, 9.17) is 11.2 Å². The van der Waals surface area contributed by atoms with E-state index in [0.717, 1.165) is 0 Å². The molecule has 1 saturated heterocycles. The third-order valence-electron chi connectivity index (χ3n) is 3.16. The lowest BCUT2D eigenvalue weighted by Crippen LogP contribution is -2.65. The van der Waals surface area contributed by atoms with E-state index in [1.807, 2.05) is 0 Å². The highest BCUT2D eigenvalue weighted by Gasteiger charge is 2.55. The summed E-state index contributed by atoms with van der Waals surface area (Å²) in [6.07, 6.45) is -5.88. The van der Waals surface area contributed by atoms with Crippen molar-refractivity contribution >= 4 is 22.2 Å². The molecule has 18 heavy (non-hydrogen) atoms. The second-order valence-electron chi connectivity index (χ2n) is 4.42. The standard InChI is InChI=1S/C11H19BrO6/c1-2-3-6(4-13)11(12)10(17)9(16)8(15)7(5-14)18-11/h4,6-10,14-17H,2-3,5H2,1H3/t6?,7-,8-,9+,10-,11?/m1/s1/i4D. The summed E-state index contributed by atoms with van der Waals surface area (Å²) in [5.74, 6) is -1.01. The van der Waals surface area contributed by atoms with Gasteiger partial charge in [0.15, 0.2) is 4.51 Å². The van der Waals surface area contributed by atoms with Crippen LogP contribution >= 0.6 is 15.9 Å². The Hall–Kier alpha value is -0.0500. The van der Waals surface area contributed by atoms with Crippen LogP contribution in [-0.2, 0) is 9.53 Å². The largest absolute Gasteiger partial charge is 0.394 e. The second-order valence-corrected chi connectivity index (χ2v) is 5.66. The van der Waals surface area contributed by atoms with Gasteiger partial charge >= 0.3 is 0 Å². The molecule has 0 bridgehead atoms. The van der Waals surface area contributed by atoms with Gasteiger partial charge in [0, 0.05) is 0 Å². The molecular formula is C11H19BrO6. The minimum Gasteiger partial charge on any atom is -0.394 e. The lowest BCUT2D eigenvalue weighted by Gasteiger charge is -2.47. The fourth-order valence-electron chi connectivity index (χ4n) is 2.07. The van der Waals surface area contributed by atoms with Gasteiger partial charge in [-0.2, -0.15) is 0 Å². The molecule has 1 aliphatic heterocycles. The molecule has 106 valence electrons. The molecule has 7 heteroatoms. The van der Waals surface area contributed by atoms with E-state index >= 15 is 0 Å². The number of hydrogen-bond donors (Lipinski definition) is 4. The summed E-state index contributed by atoms with van der Waals surface area (Å²) in [5, 5.41) is 38.6. The normalized spacial score (nSPS) is 43.3. The van der Waals surface area contributed by atoms with Crippen molar-refractivity contribution in [1.82, 2.24) is 0 Å². The van der Waals surface area contributed by atoms with E-state index in [2.05, 4.69) is 15.9 Å². The average Bonchev–Trinajstić information content (AvgIpc) is 2.37. The molecule has 1 aliphatic rings. The Labute approximate surface area is 115 Å². The van der Waals surface area contributed by atoms with E-state index in [1.165, 1.54) is 0 Å². The van der Waals surface area contributed by atoms with Crippen molar-refractivity contribution in [2.75, 3.05) is 6.61 Å². The number of aliphatic hydroxyl groups excluding tert-OH is 4. The Morgan fingerprint density at radius 2 is 2.11 bits per heavy atom. The molecule has 1 fully saturated rings. The molecule has 1 heterocycles. The lowest BCUT2D eigenvalue weighted by molar-refractivity contribution is -0.250. The number of carbonyl (C=O) groups excluding carboxylic acids is 1. The van der Waals surface area contributed by atoms with Gasteiger partial charge in [-0.1, -0.05) is 29.3 Å². The Balaban J connectivity index is 3.08. The number of alkyl halides is 1. The molecule has 0 spiro atoms. The van der Waals surface area contributed by atoms with E-state index in [0.29, 0.717) is 6.42 Å². The highest BCUT2D eigenvalue weighted by molar-refractivity contribution is 9.10. The fourth-order valence-corrected chi connectivity index (χ4v) is 2.90. The number of ether oxygens (including phenoxy) is 1. The predicted octanol–water partition coefficient (Wildman–Crippen LogP) is -0.833. The van der Waals surface area contributed by atoms with Crippen LogP contribution in [0, 0.1) is 5.92 Å². The summed E-state index contributed by atoms with van der Waals surface area (Å²) in [7, 11) is 0. The molecule has 4 N–H and O–H groups in total. The van der Waals surface area contributed by atoms with E-state index < -0.39 is 47.7 Å². The summed E-state index contributed by atoms with van der Waals surface area (Å²) in [4.78, 5) is 11.4. The Kier molecular flexibility index (Phi) is 5.11. The lowest BCUT2D eigenvalue weighted by atomic mass is 9.86. The van der Waals surface area contributed by atoms with Crippen molar-refractivity contribution in [2.24, 2.45) is 5.92 Å². The van der Waals surface area contributed by atoms with Crippen molar-refractivity contribution in [3.63, 3.8) is 0 Å². The molecule has 0 amide bonds. The summed E-state index contributed by atoms with van der Waals surface area (Å²) >= 11 is 3.08. The maximum Gasteiger partial charge on any atom is 0.161 e. The van der Waals surface area contributed by atoms with Crippen LogP contribution < -0.4 is 0 Å². The zero-order valence-electron chi connectivity index (χ0n) is 11.0. The molecule has 0 aromatic heterocycles. The smallest absolute Gasteiger partial charge is 0.161 e. The minimum atomic E-state index is -1.69. The van der Waals surface area contributed by atoms with Gasteiger partial charge in [-0.25, -0.2) is 0 Å². The molecule has 6 nitrogen and oxygen atoms in total. The van der Waals surface area contributed by atoms with Gasteiger partial charge in [0.25, 0.3) is 0 Å². The maximum absolute atomic E-state index is 11.4. The van der Waals surface area contributed by atoms with Crippen molar-refractivity contribution in [2.45, 2.75) is 48.7 Å². The van der Waals surface area contributed by atoms with Gasteiger partial charge in [-0.05, 0) is 6.42 Å². The number of carbonyl (C=O) groups is 1. The van der Waals surface area contributed by atoms with Crippen LogP contribution in [0.15, 0.2) is 0 Å². The summed E-state index contributed by atoms with van der Waals surface area (Å²) in [6, 6.07) is 0. The van der Waals surface area contributed by atoms with Gasteiger partial charge in [0.05, 0.1) is 12.5 Å². The van der Waals surface area contributed by atoms with Crippen LogP contribution in [0.25, 0.3) is 0 Å². The van der Waals surface area contributed by atoms with Gasteiger partial charge in [0.2, 0.25) is 0 Å². The number of hydrogen-bond acceptors (Lipinski definition) is 6. The van der Waals surface area contributed by atoms with Crippen molar-refractivity contribution < 1.29 is 31.3 Å². The van der Waals surface area contributed by atoms with E-state index in [1.54, 1.807) is 6.92 Å². The van der Waals surface area contributed by atoms with Crippen molar-refractivity contribution in [3.8, 4) is 0 Å². The SMILES string of the molecule is [2H]C(=O)C(CCC)C1(Br)O[C@H](CO)[C@@H](O)[C@H](O)[C@H]1O. The van der Waals surface area contributed by atoms with Crippen LogP contribution in [0.5, 0.6) is 0 Å². The molecule has 0 saturated carbocycles. The zero-order chi connectivity index (χ0) is 14.8. The summed E-state index contributed by atoms with van der Waals surface area (Å²) in [5.41, 5.74) is 0. The molecule has 2 unspecified atom stereocenters. The van der Waals surface area contributed by atoms with Crippen LogP contribution in [-0.4, -0.2) is 62.2 Å².